The SMILES string of the molecule is CC[C@H](NC(=O)c1c[nH]c(C)cc1=O)c1ccccc1Br. The molecule has 0 spiro atoms. The van der Waals surface area contributed by atoms with Crippen LogP contribution in [0.4, 0.5) is 0 Å². The second-order valence-corrected chi connectivity index (χ2v) is 5.70. The van der Waals surface area contributed by atoms with Crippen molar-refractivity contribution in [3.8, 4) is 0 Å². The van der Waals surface area contributed by atoms with E-state index >= 15 is 0 Å². The van der Waals surface area contributed by atoms with Crippen LogP contribution >= 0.6 is 15.9 Å². The fourth-order valence-corrected chi connectivity index (χ4v) is 2.71. The standard InChI is InChI=1S/C16H17BrN2O2/c1-3-14(11-6-4-5-7-13(11)17)19-16(21)12-9-18-10(2)8-15(12)20/h4-9,14H,3H2,1-2H3,(H,18,20)(H,19,21)/t14-/m0/s1. The van der Waals surface area contributed by atoms with Crippen molar-refractivity contribution in [2.75, 3.05) is 0 Å². The Labute approximate surface area is 131 Å². The minimum Gasteiger partial charge on any atom is -0.364 e. The normalized spacial score (nSPS) is 12.0. The molecule has 5 heteroatoms. The number of rotatable bonds is 4. The van der Waals surface area contributed by atoms with Crippen molar-refractivity contribution in [3.63, 3.8) is 0 Å². The highest BCUT2D eigenvalue weighted by Crippen LogP contribution is 2.25. The van der Waals surface area contributed by atoms with Gasteiger partial charge in [0.15, 0.2) is 5.43 Å². The molecule has 2 rings (SSSR count). The number of aromatic nitrogens is 1. The first kappa shape index (κ1) is 15.5. The maximum atomic E-state index is 12.3. The van der Waals surface area contributed by atoms with Crippen molar-refractivity contribution in [1.29, 1.82) is 0 Å². The Bertz CT molecular complexity index is 709. The Kier molecular flexibility index (Phi) is 4.96. The third kappa shape index (κ3) is 3.61. The third-order valence-electron chi connectivity index (χ3n) is 3.30. The molecule has 0 aliphatic rings. The monoisotopic (exact) mass is 348 g/mol. The molecule has 1 atom stereocenters. The van der Waals surface area contributed by atoms with Crippen molar-refractivity contribution in [2.24, 2.45) is 0 Å². The van der Waals surface area contributed by atoms with Crippen LogP contribution in [0, 0.1) is 6.92 Å². The highest BCUT2D eigenvalue weighted by molar-refractivity contribution is 9.10. The Morgan fingerprint density at radius 3 is 2.71 bits per heavy atom. The second-order valence-electron chi connectivity index (χ2n) is 4.85. The molecule has 0 fully saturated rings. The summed E-state index contributed by atoms with van der Waals surface area (Å²) in [5.41, 5.74) is 1.59. The molecule has 0 saturated carbocycles. The molecule has 2 N–H and O–H groups in total. The first-order valence-corrected chi connectivity index (χ1v) is 7.56. The maximum Gasteiger partial charge on any atom is 0.257 e. The molecule has 2 aromatic rings. The van der Waals surface area contributed by atoms with E-state index in [1.807, 2.05) is 31.2 Å². The lowest BCUT2D eigenvalue weighted by Gasteiger charge is -2.18. The van der Waals surface area contributed by atoms with Crippen LogP contribution in [0.25, 0.3) is 0 Å². The van der Waals surface area contributed by atoms with Gasteiger partial charge in [0.05, 0.1) is 6.04 Å². The average Bonchev–Trinajstić information content (AvgIpc) is 2.45. The first-order chi connectivity index (χ1) is 10.0. The van der Waals surface area contributed by atoms with Gasteiger partial charge in [-0.25, -0.2) is 0 Å². The number of carbonyl (C=O) groups is 1. The largest absolute Gasteiger partial charge is 0.364 e. The predicted octanol–water partition coefficient (Wildman–Crippen LogP) is 3.33. The average molecular weight is 349 g/mol. The zero-order valence-corrected chi connectivity index (χ0v) is 13.5. The molecule has 1 amide bonds. The van der Waals surface area contributed by atoms with Gasteiger partial charge >= 0.3 is 0 Å². The van der Waals surface area contributed by atoms with Gasteiger partial charge < -0.3 is 10.3 Å². The molecular weight excluding hydrogens is 332 g/mol. The molecular formula is C16H17BrN2O2. The van der Waals surface area contributed by atoms with Gasteiger partial charge in [-0.1, -0.05) is 41.1 Å². The van der Waals surface area contributed by atoms with Gasteiger partial charge in [0.2, 0.25) is 0 Å². The number of nitrogens with one attached hydrogen (secondary N) is 2. The lowest BCUT2D eigenvalue weighted by Crippen LogP contribution is -2.32. The zero-order valence-electron chi connectivity index (χ0n) is 11.9. The van der Waals surface area contributed by atoms with E-state index in [2.05, 4.69) is 26.2 Å². The number of H-pyrrole nitrogens is 1. The summed E-state index contributed by atoms with van der Waals surface area (Å²) in [6.07, 6.45) is 2.19. The Morgan fingerprint density at radius 1 is 1.38 bits per heavy atom. The molecule has 21 heavy (non-hydrogen) atoms. The molecule has 0 bridgehead atoms. The van der Waals surface area contributed by atoms with Gasteiger partial charge in [0.1, 0.15) is 5.56 Å². The number of hydrogen-bond acceptors (Lipinski definition) is 2. The van der Waals surface area contributed by atoms with E-state index in [1.54, 1.807) is 6.92 Å². The van der Waals surface area contributed by atoms with Gasteiger partial charge in [0, 0.05) is 22.4 Å². The van der Waals surface area contributed by atoms with Crippen LogP contribution in [-0.4, -0.2) is 10.9 Å². The topological polar surface area (TPSA) is 62.0 Å². The van der Waals surface area contributed by atoms with Crippen LogP contribution < -0.4 is 10.7 Å². The molecule has 0 radical (unpaired) electrons. The van der Waals surface area contributed by atoms with Gasteiger partial charge in [-0.2, -0.15) is 0 Å². The van der Waals surface area contributed by atoms with E-state index in [-0.39, 0.29) is 22.9 Å². The number of pyridine rings is 1. The molecule has 1 heterocycles. The summed E-state index contributed by atoms with van der Waals surface area (Å²) in [5.74, 6) is -0.362. The number of amides is 1. The molecule has 1 aromatic heterocycles. The van der Waals surface area contributed by atoms with Gasteiger partial charge in [0.25, 0.3) is 5.91 Å². The molecule has 4 nitrogen and oxygen atoms in total. The number of aryl methyl sites for hydroxylation is 1. The lowest BCUT2D eigenvalue weighted by atomic mass is 10.0. The Hall–Kier alpha value is -1.88. The minimum absolute atomic E-state index is 0.131. The van der Waals surface area contributed by atoms with Crippen molar-refractivity contribution >= 4 is 21.8 Å². The van der Waals surface area contributed by atoms with E-state index < -0.39 is 0 Å². The summed E-state index contributed by atoms with van der Waals surface area (Å²) in [5, 5.41) is 2.91. The maximum absolute atomic E-state index is 12.3. The van der Waals surface area contributed by atoms with E-state index in [0.717, 1.165) is 22.2 Å². The summed E-state index contributed by atoms with van der Waals surface area (Å²) < 4.78 is 0.940. The fraction of sp³-hybridized carbons (Fsp3) is 0.250. The highest BCUT2D eigenvalue weighted by Gasteiger charge is 2.17. The van der Waals surface area contributed by atoms with Crippen LogP contribution in [0.3, 0.4) is 0 Å². The van der Waals surface area contributed by atoms with Crippen LogP contribution in [0.5, 0.6) is 0 Å². The first-order valence-electron chi connectivity index (χ1n) is 6.77. The quantitative estimate of drug-likeness (QED) is 0.890. The molecule has 0 unspecified atom stereocenters. The van der Waals surface area contributed by atoms with E-state index in [9.17, 15) is 9.59 Å². The summed E-state index contributed by atoms with van der Waals surface area (Å²) in [6.45, 7) is 3.77. The summed E-state index contributed by atoms with van der Waals surface area (Å²) in [7, 11) is 0. The van der Waals surface area contributed by atoms with Gasteiger partial charge in [-0.3, -0.25) is 9.59 Å². The molecule has 0 aliphatic heterocycles. The van der Waals surface area contributed by atoms with Crippen LogP contribution in [0.2, 0.25) is 0 Å². The van der Waals surface area contributed by atoms with E-state index in [4.69, 9.17) is 0 Å². The van der Waals surface area contributed by atoms with Gasteiger partial charge in [-0.05, 0) is 25.0 Å². The lowest BCUT2D eigenvalue weighted by molar-refractivity contribution is 0.0934. The van der Waals surface area contributed by atoms with Crippen LogP contribution in [0.1, 0.15) is 41.0 Å². The number of benzene rings is 1. The van der Waals surface area contributed by atoms with Gasteiger partial charge in [-0.15, -0.1) is 0 Å². The summed E-state index contributed by atoms with van der Waals surface area (Å²) >= 11 is 3.49. The smallest absolute Gasteiger partial charge is 0.257 e. The number of halogens is 1. The van der Waals surface area contributed by atoms with Crippen molar-refractivity contribution < 1.29 is 4.79 Å². The summed E-state index contributed by atoms with van der Waals surface area (Å²) in [4.78, 5) is 27.0. The number of hydrogen-bond donors (Lipinski definition) is 2. The fourth-order valence-electron chi connectivity index (χ4n) is 2.14. The number of aromatic amines is 1. The van der Waals surface area contributed by atoms with Crippen LogP contribution in [0.15, 0.2) is 45.8 Å². The van der Waals surface area contributed by atoms with Crippen LogP contribution in [-0.2, 0) is 0 Å². The van der Waals surface area contributed by atoms with Crippen molar-refractivity contribution in [2.45, 2.75) is 26.3 Å². The molecule has 1 aromatic carbocycles. The Balaban J connectivity index is 2.25. The van der Waals surface area contributed by atoms with Crippen molar-refractivity contribution in [1.82, 2.24) is 10.3 Å². The zero-order chi connectivity index (χ0) is 15.4. The summed E-state index contributed by atoms with van der Waals surface area (Å²) in [6, 6.07) is 9.02. The van der Waals surface area contributed by atoms with E-state index in [1.165, 1.54) is 12.3 Å². The minimum atomic E-state index is -0.362. The highest BCUT2D eigenvalue weighted by atomic mass is 79.9. The molecule has 0 aliphatic carbocycles. The second kappa shape index (κ2) is 6.72. The van der Waals surface area contributed by atoms with E-state index in [0.29, 0.717) is 0 Å². The number of carbonyl (C=O) groups excluding carboxylic acids is 1. The Morgan fingerprint density at radius 2 is 2.10 bits per heavy atom. The predicted molar refractivity (Wildman–Crippen MR) is 86.4 cm³/mol. The molecule has 0 saturated heterocycles. The third-order valence-corrected chi connectivity index (χ3v) is 4.02. The molecule has 110 valence electrons. The van der Waals surface area contributed by atoms with Crippen molar-refractivity contribution in [3.05, 3.63) is 68.0 Å².